The Kier molecular flexibility index (Phi) is 6.32. The molecule has 3 rings (SSSR count). The highest BCUT2D eigenvalue weighted by Gasteiger charge is 2.25. The molecule has 2 amide bonds. The van der Waals surface area contributed by atoms with Crippen LogP contribution >= 0.6 is 0 Å². The molecule has 8 heteroatoms. The fraction of sp³-hybridized carbons (Fsp3) is 0.333. The van der Waals surface area contributed by atoms with Crippen LogP contribution in [0, 0.1) is 5.82 Å². The zero-order chi connectivity index (χ0) is 21.0. The Morgan fingerprint density at radius 3 is 2.10 bits per heavy atom. The van der Waals surface area contributed by atoms with Crippen molar-refractivity contribution in [3.8, 4) is 0 Å². The first-order valence-electron chi connectivity index (χ1n) is 9.34. The van der Waals surface area contributed by atoms with Crippen molar-refractivity contribution >= 4 is 21.7 Å². The van der Waals surface area contributed by atoms with Crippen LogP contribution in [0.5, 0.6) is 0 Å². The minimum atomic E-state index is -3.12. The number of likely N-dealkylation sites (tertiary alicyclic amines) is 1. The number of sulfone groups is 1. The highest BCUT2D eigenvalue weighted by molar-refractivity contribution is 7.89. The van der Waals surface area contributed by atoms with Crippen LogP contribution in [-0.4, -0.2) is 50.5 Å². The summed E-state index contributed by atoms with van der Waals surface area (Å²) in [7, 11) is -3.12. The minimum absolute atomic E-state index is 0.0475. The Morgan fingerprint density at radius 1 is 1.00 bits per heavy atom. The maximum Gasteiger partial charge on any atom is 0.253 e. The molecule has 154 valence electrons. The molecular weight excluding hydrogens is 395 g/mol. The molecule has 0 radical (unpaired) electrons. The first kappa shape index (κ1) is 21.0. The van der Waals surface area contributed by atoms with Gasteiger partial charge in [-0.2, -0.15) is 0 Å². The van der Waals surface area contributed by atoms with Gasteiger partial charge in [-0.3, -0.25) is 9.59 Å². The second-order valence-corrected chi connectivity index (χ2v) is 9.45. The zero-order valence-corrected chi connectivity index (χ0v) is 16.9. The van der Waals surface area contributed by atoms with Crippen LogP contribution in [0.3, 0.4) is 0 Å². The van der Waals surface area contributed by atoms with E-state index in [0.717, 1.165) is 0 Å². The molecule has 0 bridgehead atoms. The number of rotatable bonds is 5. The Bertz CT molecular complexity index is 980. The molecule has 29 heavy (non-hydrogen) atoms. The largest absolute Gasteiger partial charge is 0.349 e. The molecule has 1 heterocycles. The van der Waals surface area contributed by atoms with E-state index < -0.39 is 15.7 Å². The van der Waals surface area contributed by atoms with Crippen molar-refractivity contribution in [3.05, 3.63) is 71.0 Å². The van der Waals surface area contributed by atoms with E-state index in [1.807, 2.05) is 0 Å². The lowest BCUT2D eigenvalue weighted by molar-refractivity contribution is 0.0698. The van der Waals surface area contributed by atoms with Gasteiger partial charge in [-0.1, -0.05) is 12.1 Å². The molecule has 0 saturated carbocycles. The molecule has 0 aliphatic carbocycles. The summed E-state index contributed by atoms with van der Waals surface area (Å²) in [5.41, 5.74) is 1.56. The van der Waals surface area contributed by atoms with Gasteiger partial charge in [0, 0.05) is 36.5 Å². The van der Waals surface area contributed by atoms with Crippen molar-refractivity contribution in [1.82, 2.24) is 10.2 Å². The van der Waals surface area contributed by atoms with Gasteiger partial charge in [0.15, 0.2) is 9.84 Å². The molecule has 0 unspecified atom stereocenters. The van der Waals surface area contributed by atoms with Crippen molar-refractivity contribution in [3.63, 3.8) is 0 Å². The summed E-state index contributed by atoms with van der Waals surface area (Å²) in [5.74, 6) is -0.811. The highest BCUT2D eigenvalue weighted by Crippen LogP contribution is 2.16. The third kappa shape index (κ3) is 5.87. The normalized spacial score (nSPS) is 15.2. The molecular formula is C21H23FN2O4S. The number of nitrogens with one attached hydrogen (secondary N) is 1. The van der Waals surface area contributed by atoms with Crippen LogP contribution in [0.25, 0.3) is 0 Å². The first-order chi connectivity index (χ1) is 13.7. The first-order valence-corrected chi connectivity index (χ1v) is 11.4. The van der Waals surface area contributed by atoms with Crippen molar-refractivity contribution in [2.24, 2.45) is 0 Å². The number of halogens is 1. The van der Waals surface area contributed by atoms with Crippen LogP contribution in [-0.2, 0) is 15.6 Å². The molecule has 2 aromatic carbocycles. The third-order valence-electron chi connectivity index (χ3n) is 4.85. The maximum absolute atomic E-state index is 13.0. The molecule has 0 aromatic heterocycles. The van der Waals surface area contributed by atoms with E-state index in [9.17, 15) is 22.4 Å². The molecule has 2 aromatic rings. The lowest BCUT2D eigenvalue weighted by atomic mass is 10.0. The van der Waals surface area contributed by atoms with Gasteiger partial charge in [0.25, 0.3) is 11.8 Å². The SMILES string of the molecule is CS(=O)(=O)Cc1ccc(C(=O)N2CCC(NC(=O)c3ccc(F)cc3)CC2)cc1. The van der Waals surface area contributed by atoms with E-state index in [1.165, 1.54) is 30.5 Å². The summed E-state index contributed by atoms with van der Waals surface area (Å²) < 4.78 is 35.7. The van der Waals surface area contributed by atoms with Gasteiger partial charge in [0.05, 0.1) is 5.75 Å². The maximum atomic E-state index is 13.0. The van der Waals surface area contributed by atoms with Crippen LogP contribution in [0.15, 0.2) is 48.5 Å². The average molecular weight is 418 g/mol. The quantitative estimate of drug-likeness (QED) is 0.808. The topological polar surface area (TPSA) is 83.6 Å². The second-order valence-electron chi connectivity index (χ2n) is 7.31. The van der Waals surface area contributed by atoms with Crippen LogP contribution in [0.2, 0.25) is 0 Å². The summed E-state index contributed by atoms with van der Waals surface area (Å²) >= 11 is 0. The Balaban J connectivity index is 1.52. The third-order valence-corrected chi connectivity index (χ3v) is 5.71. The Hall–Kier alpha value is -2.74. The monoisotopic (exact) mass is 418 g/mol. The number of amides is 2. The van der Waals surface area contributed by atoms with Crippen LogP contribution < -0.4 is 5.32 Å². The van der Waals surface area contributed by atoms with E-state index in [-0.39, 0.29) is 23.6 Å². The van der Waals surface area contributed by atoms with Gasteiger partial charge in [0.2, 0.25) is 0 Å². The fourth-order valence-electron chi connectivity index (χ4n) is 3.33. The van der Waals surface area contributed by atoms with E-state index in [4.69, 9.17) is 0 Å². The summed E-state index contributed by atoms with van der Waals surface area (Å²) in [6.07, 6.45) is 2.43. The molecule has 1 N–H and O–H groups in total. The summed E-state index contributed by atoms with van der Waals surface area (Å²) in [6.45, 7) is 1.02. The number of hydrogen-bond donors (Lipinski definition) is 1. The minimum Gasteiger partial charge on any atom is -0.349 e. The van der Waals surface area contributed by atoms with E-state index in [2.05, 4.69) is 5.32 Å². The van der Waals surface area contributed by atoms with Gasteiger partial charge in [0.1, 0.15) is 5.82 Å². The highest BCUT2D eigenvalue weighted by atomic mass is 32.2. The van der Waals surface area contributed by atoms with Crippen LogP contribution in [0.4, 0.5) is 4.39 Å². The van der Waals surface area contributed by atoms with Gasteiger partial charge in [-0.15, -0.1) is 0 Å². The molecule has 1 aliphatic heterocycles. The molecule has 1 aliphatic rings. The molecule has 6 nitrogen and oxygen atoms in total. The summed E-state index contributed by atoms with van der Waals surface area (Å²) in [6, 6.07) is 11.9. The predicted molar refractivity (Wildman–Crippen MR) is 108 cm³/mol. The van der Waals surface area contributed by atoms with E-state index in [1.54, 1.807) is 29.2 Å². The summed E-state index contributed by atoms with van der Waals surface area (Å²) in [5, 5.41) is 2.93. The number of hydrogen-bond acceptors (Lipinski definition) is 4. The molecule has 0 spiro atoms. The smallest absolute Gasteiger partial charge is 0.253 e. The average Bonchev–Trinajstić information content (AvgIpc) is 2.68. The van der Waals surface area contributed by atoms with Gasteiger partial charge in [-0.25, -0.2) is 12.8 Å². The van der Waals surface area contributed by atoms with E-state index >= 15 is 0 Å². The zero-order valence-electron chi connectivity index (χ0n) is 16.1. The van der Waals surface area contributed by atoms with Crippen LogP contribution in [0.1, 0.15) is 39.1 Å². The summed E-state index contributed by atoms with van der Waals surface area (Å²) in [4.78, 5) is 26.6. The number of piperidine rings is 1. The van der Waals surface area contributed by atoms with Gasteiger partial charge in [-0.05, 0) is 54.8 Å². The van der Waals surface area contributed by atoms with Crippen molar-refractivity contribution < 1.29 is 22.4 Å². The fourth-order valence-corrected chi connectivity index (χ4v) is 4.12. The second kappa shape index (κ2) is 8.73. The van der Waals surface area contributed by atoms with Crippen molar-refractivity contribution in [2.45, 2.75) is 24.6 Å². The molecule has 1 saturated heterocycles. The lowest BCUT2D eigenvalue weighted by Gasteiger charge is -2.32. The predicted octanol–water partition coefficient (Wildman–Crippen LogP) is 2.40. The Labute approximate surface area is 169 Å². The van der Waals surface area contributed by atoms with Crippen molar-refractivity contribution in [2.75, 3.05) is 19.3 Å². The van der Waals surface area contributed by atoms with Gasteiger partial charge < -0.3 is 10.2 Å². The Morgan fingerprint density at radius 2 is 1.55 bits per heavy atom. The molecule has 1 fully saturated rings. The molecule has 0 atom stereocenters. The van der Waals surface area contributed by atoms with Gasteiger partial charge >= 0.3 is 0 Å². The number of carbonyl (C=O) groups excluding carboxylic acids is 2. The lowest BCUT2D eigenvalue weighted by Crippen LogP contribution is -2.46. The number of nitrogens with zero attached hydrogens (tertiary/aromatic N) is 1. The van der Waals surface area contributed by atoms with E-state index in [0.29, 0.717) is 42.6 Å². The number of carbonyl (C=O) groups is 2. The van der Waals surface area contributed by atoms with Crippen molar-refractivity contribution in [1.29, 1.82) is 0 Å². The standard InChI is InChI=1S/C21H23FN2O4S/c1-29(27,28)14-15-2-4-17(5-3-15)21(26)24-12-10-19(11-13-24)23-20(25)16-6-8-18(22)9-7-16/h2-9,19H,10-14H2,1H3,(H,23,25). The number of benzene rings is 2.